The first-order valence-electron chi connectivity index (χ1n) is 10.0. The minimum absolute atomic E-state index is 0.424. The van der Waals surface area contributed by atoms with Crippen LogP contribution in [0.1, 0.15) is 88.9 Å². The molecule has 1 aromatic heterocycles. The number of rotatable bonds is 3. The third-order valence-corrected chi connectivity index (χ3v) is 6.48. The van der Waals surface area contributed by atoms with E-state index in [0.717, 1.165) is 23.6 Å². The molecule has 138 valence electrons. The van der Waals surface area contributed by atoms with Crippen LogP contribution in [0.15, 0.2) is 12.4 Å². The molecule has 1 aromatic rings. The van der Waals surface area contributed by atoms with E-state index < -0.39 is 0 Å². The average molecular weight is 344 g/mol. The Hall–Kier alpha value is -1.29. The summed E-state index contributed by atoms with van der Waals surface area (Å²) in [4.78, 5) is 20.7. The minimum atomic E-state index is 0.424. The highest BCUT2D eigenvalue weighted by atomic mass is 16.1. The van der Waals surface area contributed by atoms with E-state index in [1.807, 2.05) is 0 Å². The molecule has 1 saturated heterocycles. The molecule has 0 bridgehead atoms. The summed E-state index contributed by atoms with van der Waals surface area (Å²) >= 11 is 0. The summed E-state index contributed by atoms with van der Waals surface area (Å²) in [5.41, 5.74) is 2.16. The molecular formula is C21H33N3O. The molecule has 2 saturated carbocycles. The molecule has 3 fully saturated rings. The smallest absolute Gasteiger partial charge is 0.130 e. The number of piperidine rings is 1. The van der Waals surface area contributed by atoms with Crippen molar-refractivity contribution in [3.8, 4) is 0 Å². The second kappa shape index (κ2) is 7.94. The van der Waals surface area contributed by atoms with Crippen molar-refractivity contribution in [3.63, 3.8) is 0 Å². The fourth-order valence-corrected chi connectivity index (χ4v) is 4.74. The van der Waals surface area contributed by atoms with Gasteiger partial charge in [-0.3, -0.25) is 0 Å². The molecule has 1 spiro atoms. The molecule has 0 radical (unpaired) electrons. The van der Waals surface area contributed by atoms with Gasteiger partial charge in [-0.15, -0.1) is 0 Å². The van der Waals surface area contributed by atoms with Gasteiger partial charge < -0.3 is 9.69 Å². The van der Waals surface area contributed by atoms with Gasteiger partial charge in [0.15, 0.2) is 0 Å². The van der Waals surface area contributed by atoms with Gasteiger partial charge in [-0.2, -0.15) is 0 Å². The van der Waals surface area contributed by atoms with Crippen molar-refractivity contribution >= 4 is 6.29 Å². The standard InChI is InChI=1S/C19H29N3.C2H4O/c1-14(2)18-20-12-16(13-21-18)15-4-8-22(9-5-15)17-10-19(11-17)6-3-7-19;1-2-3/h12-15,17H,3-11H2,1-2H3;2H,1H3. The van der Waals surface area contributed by atoms with E-state index in [2.05, 4.69) is 41.1 Å². The number of carbonyl (C=O) groups excluding carboxylic acids is 1. The second-order valence-electron chi connectivity index (χ2n) is 8.49. The molecule has 4 heteroatoms. The highest BCUT2D eigenvalue weighted by molar-refractivity contribution is 5.44. The van der Waals surface area contributed by atoms with Gasteiger partial charge in [0.25, 0.3) is 0 Å². The average Bonchev–Trinajstić information content (AvgIpc) is 2.54. The molecule has 25 heavy (non-hydrogen) atoms. The molecule has 2 heterocycles. The van der Waals surface area contributed by atoms with Crippen molar-refractivity contribution in [2.75, 3.05) is 13.1 Å². The van der Waals surface area contributed by atoms with Gasteiger partial charge in [-0.05, 0) is 75.4 Å². The Balaban J connectivity index is 0.000000569. The van der Waals surface area contributed by atoms with Gasteiger partial charge in [0.2, 0.25) is 0 Å². The zero-order valence-electron chi connectivity index (χ0n) is 16.1. The quantitative estimate of drug-likeness (QED) is 0.767. The molecule has 1 aliphatic heterocycles. The van der Waals surface area contributed by atoms with Crippen molar-refractivity contribution in [2.24, 2.45) is 5.41 Å². The number of carbonyl (C=O) groups is 1. The first-order valence-corrected chi connectivity index (χ1v) is 10.0. The Morgan fingerprint density at radius 2 is 1.72 bits per heavy atom. The topological polar surface area (TPSA) is 46.1 Å². The zero-order valence-corrected chi connectivity index (χ0v) is 16.1. The van der Waals surface area contributed by atoms with Crippen molar-refractivity contribution in [1.29, 1.82) is 0 Å². The lowest BCUT2D eigenvalue weighted by Crippen LogP contribution is -2.55. The van der Waals surface area contributed by atoms with Gasteiger partial charge in [-0.1, -0.05) is 20.3 Å². The Bertz CT molecular complexity index is 549. The van der Waals surface area contributed by atoms with Gasteiger partial charge in [0.05, 0.1) is 0 Å². The Morgan fingerprint density at radius 3 is 2.16 bits per heavy atom. The lowest BCUT2D eigenvalue weighted by atomic mass is 9.53. The number of likely N-dealkylation sites (tertiary alicyclic amines) is 1. The molecule has 4 nitrogen and oxygen atoms in total. The Morgan fingerprint density at radius 1 is 1.16 bits per heavy atom. The highest BCUT2D eigenvalue weighted by Crippen LogP contribution is 2.57. The van der Waals surface area contributed by atoms with E-state index in [1.54, 1.807) is 0 Å². The van der Waals surface area contributed by atoms with Gasteiger partial charge in [0, 0.05) is 24.4 Å². The van der Waals surface area contributed by atoms with Gasteiger partial charge in [-0.25, -0.2) is 9.97 Å². The molecule has 0 unspecified atom stereocenters. The second-order valence-corrected chi connectivity index (χ2v) is 8.49. The predicted octanol–water partition coefficient (Wildman–Crippen LogP) is 4.32. The molecule has 0 atom stereocenters. The maximum atomic E-state index is 8.81. The summed E-state index contributed by atoms with van der Waals surface area (Å²) in [6.07, 6.45) is 15.0. The molecule has 0 N–H and O–H groups in total. The SMILES string of the molecule is CC(C)c1ncc(C2CCN(C3CC4(CCC4)C3)CC2)cn1.CC=O. The first-order chi connectivity index (χ1) is 12.1. The minimum Gasteiger partial charge on any atom is -0.304 e. The van der Waals surface area contributed by atoms with Crippen LogP contribution in [0.5, 0.6) is 0 Å². The Labute approximate surface area is 152 Å². The largest absolute Gasteiger partial charge is 0.304 e. The Kier molecular flexibility index (Phi) is 5.88. The summed E-state index contributed by atoms with van der Waals surface area (Å²) in [5.74, 6) is 2.07. The third-order valence-electron chi connectivity index (χ3n) is 6.48. The number of aromatic nitrogens is 2. The van der Waals surface area contributed by atoms with E-state index in [1.165, 1.54) is 70.5 Å². The lowest BCUT2D eigenvalue weighted by Gasteiger charge is -2.58. The number of aldehydes is 1. The van der Waals surface area contributed by atoms with Crippen molar-refractivity contribution in [3.05, 3.63) is 23.8 Å². The summed E-state index contributed by atoms with van der Waals surface area (Å²) in [5, 5.41) is 0. The van der Waals surface area contributed by atoms with Gasteiger partial charge in [0.1, 0.15) is 12.1 Å². The number of nitrogens with zero attached hydrogens (tertiary/aromatic N) is 3. The summed E-state index contributed by atoms with van der Waals surface area (Å²) in [6.45, 7) is 8.30. The van der Waals surface area contributed by atoms with Crippen molar-refractivity contribution in [1.82, 2.24) is 14.9 Å². The maximum Gasteiger partial charge on any atom is 0.130 e. The molecule has 2 aliphatic carbocycles. The zero-order chi connectivity index (χ0) is 17.9. The lowest BCUT2D eigenvalue weighted by molar-refractivity contribution is -0.106. The molecule has 4 rings (SSSR count). The van der Waals surface area contributed by atoms with E-state index in [4.69, 9.17) is 4.79 Å². The van der Waals surface area contributed by atoms with Crippen LogP contribution >= 0.6 is 0 Å². The van der Waals surface area contributed by atoms with Crippen molar-refractivity contribution in [2.45, 2.75) is 83.6 Å². The number of hydrogen-bond acceptors (Lipinski definition) is 4. The van der Waals surface area contributed by atoms with Crippen LogP contribution in [0, 0.1) is 5.41 Å². The van der Waals surface area contributed by atoms with Crippen LogP contribution in [0.25, 0.3) is 0 Å². The van der Waals surface area contributed by atoms with Crippen LogP contribution < -0.4 is 0 Å². The van der Waals surface area contributed by atoms with E-state index in [0.29, 0.717) is 11.8 Å². The van der Waals surface area contributed by atoms with E-state index in [-0.39, 0.29) is 0 Å². The number of hydrogen-bond donors (Lipinski definition) is 0. The van der Waals surface area contributed by atoms with Crippen molar-refractivity contribution < 1.29 is 4.79 Å². The summed E-state index contributed by atoms with van der Waals surface area (Å²) in [6, 6.07) is 0.904. The van der Waals surface area contributed by atoms with E-state index >= 15 is 0 Å². The van der Waals surface area contributed by atoms with Crippen LogP contribution in [0.2, 0.25) is 0 Å². The van der Waals surface area contributed by atoms with Gasteiger partial charge >= 0.3 is 0 Å². The molecule has 0 amide bonds. The van der Waals surface area contributed by atoms with Crippen LogP contribution in [-0.4, -0.2) is 40.3 Å². The highest BCUT2D eigenvalue weighted by Gasteiger charge is 2.50. The summed E-state index contributed by atoms with van der Waals surface area (Å²) < 4.78 is 0. The predicted molar refractivity (Wildman–Crippen MR) is 101 cm³/mol. The molecule has 3 aliphatic rings. The first kappa shape index (κ1) is 18.5. The maximum absolute atomic E-state index is 8.81. The fraction of sp³-hybridized carbons (Fsp3) is 0.762. The van der Waals surface area contributed by atoms with E-state index in [9.17, 15) is 0 Å². The van der Waals surface area contributed by atoms with Crippen LogP contribution in [0.4, 0.5) is 0 Å². The molecule has 0 aromatic carbocycles. The third kappa shape index (κ3) is 4.11. The van der Waals surface area contributed by atoms with Crippen LogP contribution in [-0.2, 0) is 4.79 Å². The normalized spacial score (nSPS) is 23.5. The fourth-order valence-electron chi connectivity index (χ4n) is 4.74. The van der Waals surface area contributed by atoms with Crippen LogP contribution in [0.3, 0.4) is 0 Å². The molecular weight excluding hydrogens is 310 g/mol. The summed E-state index contributed by atoms with van der Waals surface area (Å²) in [7, 11) is 0. The monoisotopic (exact) mass is 343 g/mol.